The molecule has 15 atom stereocenters. The lowest BCUT2D eigenvalue weighted by Gasteiger charge is -2.42. The molecule has 14 nitrogen and oxygen atoms in total. The highest BCUT2D eigenvalue weighted by Gasteiger charge is 2.52. The second kappa shape index (κ2) is 25.1. The number of cyclic esters (lactones) is 1. The number of amides is 1. The molecule has 4 aliphatic rings. The van der Waals surface area contributed by atoms with E-state index in [2.05, 4.69) is 0 Å². The van der Waals surface area contributed by atoms with Crippen LogP contribution in [0.2, 0.25) is 0 Å². The number of nitrogens with zero attached hydrogens (tertiary/aromatic N) is 1. The van der Waals surface area contributed by atoms with Crippen LogP contribution in [0.5, 0.6) is 0 Å². The van der Waals surface area contributed by atoms with Crippen molar-refractivity contribution in [3.63, 3.8) is 0 Å². The maximum absolute atomic E-state index is 14.1. The van der Waals surface area contributed by atoms with Gasteiger partial charge >= 0.3 is 5.97 Å². The first-order valence-corrected chi connectivity index (χ1v) is 23.9. The zero-order valence-corrected chi connectivity index (χ0v) is 40.6. The molecule has 1 amide bonds. The predicted molar refractivity (Wildman–Crippen MR) is 245 cm³/mol. The molecule has 0 aromatic rings. The van der Waals surface area contributed by atoms with Crippen molar-refractivity contribution >= 4 is 29.2 Å². The van der Waals surface area contributed by atoms with E-state index in [1.807, 2.05) is 58.1 Å². The van der Waals surface area contributed by atoms with Gasteiger partial charge in [-0.1, -0.05) is 71.1 Å². The molecule has 14 heteroatoms. The zero-order valence-electron chi connectivity index (χ0n) is 40.6. The summed E-state index contributed by atoms with van der Waals surface area (Å²) >= 11 is 0. The number of piperidine rings is 1. The molecule has 1 aliphatic carbocycles. The summed E-state index contributed by atoms with van der Waals surface area (Å²) in [5.74, 6) is -8.17. The zero-order chi connectivity index (χ0) is 48.2. The Bertz CT molecular complexity index is 1760. The molecule has 3 N–H and O–H groups in total. The number of carbonyl (C=O) groups is 5. The predicted octanol–water partition coefficient (Wildman–Crippen LogP) is 6.04. The van der Waals surface area contributed by atoms with Gasteiger partial charge in [-0.15, -0.1) is 0 Å². The molecule has 4 rings (SSSR count). The number of hydrogen-bond donors (Lipinski definition) is 3. The van der Waals surface area contributed by atoms with Crippen molar-refractivity contribution in [2.75, 3.05) is 34.4 Å². The highest BCUT2D eigenvalue weighted by Crippen LogP contribution is 2.37. The molecule has 4 bridgehead atoms. The molecule has 3 fully saturated rings. The van der Waals surface area contributed by atoms with Crippen LogP contribution in [-0.2, 0) is 47.7 Å². The average Bonchev–Trinajstić information content (AvgIpc) is 3.28. The van der Waals surface area contributed by atoms with Crippen molar-refractivity contribution in [1.82, 2.24) is 4.90 Å². The third-order valence-electron chi connectivity index (χ3n) is 14.5. The maximum atomic E-state index is 14.1. The minimum atomic E-state index is -2.37. The standard InChI is InChI=1S/C51H79NO13/c1-30-15-12-11-13-16-31(2)42(61-8)27-39-20-18-36(7)51(60,65-39)48(57)49(58)52-22-14-17-38(29-52)50(59)64-43(33(4)25-37-19-21-40(53)44(26-37)62-9)28-41(54)32(3)24-35(6)46(56)47(63-10)45(55)34(5)23-30/h11-13,15-16,24,30,32-34,36-40,42-44,46-47,53,56,60H,14,17-23,25-29H2,1-10H3. The molecule has 0 radical (unpaired) electrons. The molecular formula is C51H79NO13. The molecule has 0 aromatic carbocycles. The summed E-state index contributed by atoms with van der Waals surface area (Å²) in [5, 5.41) is 33.7. The lowest BCUT2D eigenvalue weighted by atomic mass is 9.78. The van der Waals surface area contributed by atoms with Crippen molar-refractivity contribution in [3.8, 4) is 0 Å². The van der Waals surface area contributed by atoms with Crippen molar-refractivity contribution in [1.29, 1.82) is 0 Å². The van der Waals surface area contributed by atoms with Crippen molar-refractivity contribution in [3.05, 3.63) is 47.6 Å². The maximum Gasteiger partial charge on any atom is 0.311 e. The van der Waals surface area contributed by atoms with Crippen LogP contribution in [0.3, 0.4) is 0 Å². The number of aliphatic hydroxyl groups excluding tert-OH is 2. The fraction of sp³-hybridized carbons (Fsp3) is 0.745. The first-order valence-electron chi connectivity index (χ1n) is 23.9. The summed E-state index contributed by atoms with van der Waals surface area (Å²) in [6.07, 6.45) is 11.1. The minimum absolute atomic E-state index is 0.0192. The Labute approximate surface area is 387 Å². The van der Waals surface area contributed by atoms with Crippen LogP contribution in [0.4, 0.5) is 0 Å². The van der Waals surface area contributed by atoms with Gasteiger partial charge < -0.3 is 43.9 Å². The highest BCUT2D eigenvalue weighted by atomic mass is 16.6. The number of fused-ring (bicyclic) bond motifs is 4. The fourth-order valence-corrected chi connectivity index (χ4v) is 10.1. The summed E-state index contributed by atoms with van der Waals surface area (Å²) in [6.45, 7) is 12.8. The lowest BCUT2D eigenvalue weighted by Crippen LogP contribution is -2.59. The monoisotopic (exact) mass is 914 g/mol. The van der Waals surface area contributed by atoms with Gasteiger partial charge in [0.15, 0.2) is 5.78 Å². The molecule has 0 spiro atoms. The van der Waals surface area contributed by atoms with Gasteiger partial charge in [-0.25, -0.2) is 0 Å². The lowest BCUT2D eigenvalue weighted by molar-refractivity contribution is -0.265. The van der Waals surface area contributed by atoms with E-state index in [0.717, 1.165) is 12.0 Å². The molecule has 366 valence electrons. The number of allylic oxidation sites excluding steroid dienone is 6. The minimum Gasteiger partial charge on any atom is -0.461 e. The second-order valence-corrected chi connectivity index (χ2v) is 19.7. The Morgan fingerprint density at radius 3 is 2.26 bits per heavy atom. The topological polar surface area (TPSA) is 195 Å². The third kappa shape index (κ3) is 14.6. The number of ketones is 3. The Kier molecular flexibility index (Phi) is 21.0. The van der Waals surface area contributed by atoms with Gasteiger partial charge in [0.2, 0.25) is 5.79 Å². The molecule has 3 aliphatic heterocycles. The van der Waals surface area contributed by atoms with E-state index in [4.69, 9.17) is 23.7 Å². The Hall–Kier alpha value is -3.37. The van der Waals surface area contributed by atoms with E-state index in [0.29, 0.717) is 63.4 Å². The van der Waals surface area contributed by atoms with Crippen molar-refractivity contribution in [2.24, 2.45) is 41.4 Å². The van der Waals surface area contributed by atoms with Gasteiger partial charge in [0.05, 0.1) is 30.3 Å². The summed E-state index contributed by atoms with van der Waals surface area (Å²) in [4.78, 5) is 71.1. The van der Waals surface area contributed by atoms with E-state index in [1.54, 1.807) is 41.1 Å². The number of carbonyl (C=O) groups excluding carboxylic acids is 5. The molecule has 15 unspecified atom stereocenters. The number of ether oxygens (including phenoxy) is 5. The van der Waals surface area contributed by atoms with Crippen LogP contribution in [0.15, 0.2) is 47.6 Å². The molecule has 0 aromatic heterocycles. The molecule has 3 heterocycles. The van der Waals surface area contributed by atoms with E-state index in [1.165, 1.54) is 12.0 Å². The number of methoxy groups -OCH3 is 3. The van der Waals surface area contributed by atoms with E-state index >= 15 is 0 Å². The van der Waals surface area contributed by atoms with Gasteiger partial charge in [-0.2, -0.15) is 0 Å². The Balaban J connectivity index is 1.66. The first-order chi connectivity index (χ1) is 30.7. The van der Waals surface area contributed by atoms with E-state index in [-0.39, 0.29) is 54.9 Å². The number of aliphatic hydroxyl groups is 3. The normalized spacial score (nSPS) is 37.8. The van der Waals surface area contributed by atoms with Crippen molar-refractivity contribution < 1.29 is 63.0 Å². The molecule has 65 heavy (non-hydrogen) atoms. The average molecular weight is 914 g/mol. The van der Waals surface area contributed by atoms with Gasteiger partial charge in [0.1, 0.15) is 24.1 Å². The molecule has 2 saturated heterocycles. The second-order valence-electron chi connectivity index (χ2n) is 19.7. The summed E-state index contributed by atoms with van der Waals surface area (Å²) in [6, 6.07) is 0. The van der Waals surface area contributed by atoms with Gasteiger partial charge in [-0.3, -0.25) is 24.0 Å². The van der Waals surface area contributed by atoms with E-state index < -0.39 is 83.7 Å². The number of rotatable bonds is 6. The first kappa shape index (κ1) is 54.2. The summed E-state index contributed by atoms with van der Waals surface area (Å²) in [5.41, 5.74) is 1.29. The van der Waals surface area contributed by atoms with Gasteiger partial charge in [0, 0.05) is 65.0 Å². The molecular weight excluding hydrogens is 835 g/mol. The SMILES string of the molecule is COC1CC2CCC(C)C(O)(O2)C(=O)C(=O)N2CCCC(C2)C(=O)OC(C(C)CC2CCC(O)C(OC)C2)CC(=O)C(C)C=C(C)C(O)C(OC)C(=O)C(C)CC(C)C=CC=CC=C1C. The quantitative estimate of drug-likeness (QED) is 0.159. The molecule has 1 saturated carbocycles. The van der Waals surface area contributed by atoms with Crippen LogP contribution in [0.25, 0.3) is 0 Å². The van der Waals surface area contributed by atoms with Crippen molar-refractivity contribution in [2.45, 2.75) is 168 Å². The van der Waals surface area contributed by atoms with Crippen LogP contribution >= 0.6 is 0 Å². The highest BCUT2D eigenvalue weighted by molar-refractivity contribution is 6.38. The number of hydrogen-bond acceptors (Lipinski definition) is 13. The van der Waals surface area contributed by atoms with Crippen LogP contribution in [0.1, 0.15) is 119 Å². The number of esters is 1. The van der Waals surface area contributed by atoms with Gasteiger partial charge in [0.25, 0.3) is 11.7 Å². The van der Waals surface area contributed by atoms with E-state index in [9.17, 15) is 39.3 Å². The van der Waals surface area contributed by atoms with Crippen LogP contribution in [0, 0.1) is 41.4 Å². The fourth-order valence-electron chi connectivity index (χ4n) is 10.1. The Morgan fingerprint density at radius 1 is 0.862 bits per heavy atom. The number of Topliss-reactive ketones (excluding diaryl/α,β-unsaturated/α-hetero) is 3. The Morgan fingerprint density at radius 2 is 1.58 bits per heavy atom. The largest absolute Gasteiger partial charge is 0.461 e. The smallest absolute Gasteiger partial charge is 0.311 e. The van der Waals surface area contributed by atoms with Crippen LogP contribution < -0.4 is 0 Å². The summed E-state index contributed by atoms with van der Waals surface area (Å²) < 4.78 is 29.3. The van der Waals surface area contributed by atoms with Crippen LogP contribution in [-0.4, -0.2) is 132 Å². The summed E-state index contributed by atoms with van der Waals surface area (Å²) in [7, 11) is 4.54. The van der Waals surface area contributed by atoms with Gasteiger partial charge in [-0.05, 0) is 101 Å². The third-order valence-corrected chi connectivity index (χ3v) is 14.5.